The molecule has 0 saturated carbocycles. The van der Waals surface area contributed by atoms with Crippen molar-refractivity contribution in [2.24, 2.45) is 0 Å². The lowest BCUT2D eigenvalue weighted by atomic mass is 10.2. The Morgan fingerprint density at radius 3 is 3.00 bits per heavy atom. The summed E-state index contributed by atoms with van der Waals surface area (Å²) in [5, 5.41) is 3.99. The molecule has 8 nitrogen and oxygen atoms in total. The Balaban J connectivity index is 1.57. The number of aryl methyl sites for hydroxylation is 2. The molecule has 9 heteroatoms. The predicted molar refractivity (Wildman–Crippen MR) is 83.7 cm³/mol. The van der Waals surface area contributed by atoms with Crippen LogP contribution in [0.5, 0.6) is 0 Å². The van der Waals surface area contributed by atoms with Crippen LogP contribution < -0.4 is 4.72 Å². The zero-order chi connectivity index (χ0) is 16.3. The van der Waals surface area contributed by atoms with Gasteiger partial charge in [0.1, 0.15) is 24.2 Å². The van der Waals surface area contributed by atoms with Crippen molar-refractivity contribution in [1.82, 2.24) is 23.8 Å². The van der Waals surface area contributed by atoms with Crippen LogP contribution >= 0.6 is 0 Å². The molecule has 0 aromatic carbocycles. The van der Waals surface area contributed by atoms with E-state index < -0.39 is 10.2 Å². The van der Waals surface area contributed by atoms with Gasteiger partial charge in [0.05, 0.1) is 6.04 Å². The van der Waals surface area contributed by atoms with E-state index in [1.807, 2.05) is 19.1 Å². The summed E-state index contributed by atoms with van der Waals surface area (Å²) in [6.07, 6.45) is 5.35. The van der Waals surface area contributed by atoms with Crippen molar-refractivity contribution in [3.63, 3.8) is 0 Å². The summed E-state index contributed by atoms with van der Waals surface area (Å²) in [7, 11) is -3.51. The first kappa shape index (κ1) is 16.2. The van der Waals surface area contributed by atoms with Crippen LogP contribution in [-0.2, 0) is 16.8 Å². The van der Waals surface area contributed by atoms with Crippen molar-refractivity contribution in [2.45, 2.75) is 38.8 Å². The lowest BCUT2D eigenvalue weighted by molar-refractivity contribution is 0.330. The first-order chi connectivity index (χ1) is 11.1. The molecule has 0 unspecified atom stereocenters. The molecule has 3 rings (SSSR count). The van der Waals surface area contributed by atoms with Crippen molar-refractivity contribution in [3.05, 3.63) is 36.3 Å². The maximum absolute atomic E-state index is 12.5. The van der Waals surface area contributed by atoms with Crippen molar-refractivity contribution < 1.29 is 12.8 Å². The van der Waals surface area contributed by atoms with E-state index in [9.17, 15) is 8.42 Å². The Hall–Kier alpha value is -1.71. The fourth-order valence-electron chi connectivity index (χ4n) is 2.82. The second-order valence-corrected chi connectivity index (χ2v) is 7.34. The number of hydrogen-bond acceptors (Lipinski definition) is 5. The molecule has 23 heavy (non-hydrogen) atoms. The number of nitrogens with zero attached hydrogens (tertiary/aromatic N) is 4. The van der Waals surface area contributed by atoms with Crippen LogP contribution in [0.2, 0.25) is 0 Å². The van der Waals surface area contributed by atoms with Gasteiger partial charge in [0.15, 0.2) is 0 Å². The average Bonchev–Trinajstić information content (AvgIpc) is 3.24. The molecule has 1 saturated heterocycles. The van der Waals surface area contributed by atoms with Crippen molar-refractivity contribution in [2.75, 3.05) is 13.1 Å². The minimum absolute atomic E-state index is 0.212. The smallest absolute Gasteiger partial charge is 0.280 e. The summed E-state index contributed by atoms with van der Waals surface area (Å²) in [5.74, 6) is 1.51. The van der Waals surface area contributed by atoms with Crippen molar-refractivity contribution in [1.29, 1.82) is 0 Å². The lowest BCUT2D eigenvalue weighted by Crippen LogP contribution is -2.40. The standard InChI is InChI=1S/C14H21N5O3S/c1-12-5-6-14(22-12)13-4-2-9-19(13)23(20,21)17-7-3-8-18-11-15-10-16-18/h5-6,10-11,13,17H,2-4,7-9H2,1H3/t13-/m1/s1. The van der Waals surface area contributed by atoms with Gasteiger partial charge in [-0.05, 0) is 38.3 Å². The van der Waals surface area contributed by atoms with E-state index in [1.165, 1.54) is 10.6 Å². The molecule has 1 aliphatic heterocycles. The Bertz CT molecular complexity index is 725. The van der Waals surface area contributed by atoms with Gasteiger partial charge in [-0.15, -0.1) is 0 Å². The molecule has 1 N–H and O–H groups in total. The van der Waals surface area contributed by atoms with Gasteiger partial charge in [0, 0.05) is 19.6 Å². The quantitative estimate of drug-likeness (QED) is 0.766. The summed E-state index contributed by atoms with van der Waals surface area (Å²) in [4.78, 5) is 3.85. The lowest BCUT2D eigenvalue weighted by Gasteiger charge is -2.22. The number of rotatable bonds is 7. The van der Waals surface area contributed by atoms with Crippen LogP contribution in [0.3, 0.4) is 0 Å². The molecule has 3 heterocycles. The van der Waals surface area contributed by atoms with Gasteiger partial charge in [0.2, 0.25) is 0 Å². The van der Waals surface area contributed by atoms with Crippen LogP contribution in [-0.4, -0.2) is 40.6 Å². The second-order valence-electron chi connectivity index (χ2n) is 5.63. The first-order valence-corrected chi connectivity index (χ1v) is 9.15. The van der Waals surface area contributed by atoms with Gasteiger partial charge in [-0.2, -0.15) is 17.8 Å². The topological polar surface area (TPSA) is 93.3 Å². The maximum Gasteiger partial charge on any atom is 0.280 e. The Kier molecular flexibility index (Phi) is 4.79. The molecule has 2 aromatic heterocycles. The van der Waals surface area contributed by atoms with E-state index >= 15 is 0 Å². The number of aromatic nitrogens is 3. The number of nitrogens with one attached hydrogen (secondary N) is 1. The molecule has 0 aliphatic carbocycles. The van der Waals surface area contributed by atoms with Crippen LogP contribution in [0.1, 0.15) is 36.8 Å². The van der Waals surface area contributed by atoms with Gasteiger partial charge >= 0.3 is 0 Å². The fraction of sp³-hybridized carbons (Fsp3) is 0.571. The molecular weight excluding hydrogens is 318 g/mol. The Labute approximate surface area is 135 Å². The third-order valence-electron chi connectivity index (χ3n) is 3.92. The molecule has 0 spiro atoms. The van der Waals surface area contributed by atoms with Gasteiger partial charge in [-0.25, -0.2) is 9.71 Å². The summed E-state index contributed by atoms with van der Waals surface area (Å²) >= 11 is 0. The predicted octanol–water partition coefficient (Wildman–Crippen LogP) is 1.24. The fourth-order valence-corrected chi connectivity index (χ4v) is 4.30. The highest BCUT2D eigenvalue weighted by Gasteiger charge is 2.36. The van der Waals surface area contributed by atoms with Crippen molar-refractivity contribution >= 4 is 10.2 Å². The zero-order valence-corrected chi connectivity index (χ0v) is 13.9. The summed E-state index contributed by atoms with van der Waals surface area (Å²) in [6.45, 7) is 3.37. The molecule has 1 aliphatic rings. The van der Waals surface area contributed by atoms with E-state index in [4.69, 9.17) is 4.42 Å². The third kappa shape index (κ3) is 3.80. The first-order valence-electron chi connectivity index (χ1n) is 7.71. The van der Waals surface area contributed by atoms with E-state index in [-0.39, 0.29) is 6.04 Å². The van der Waals surface area contributed by atoms with E-state index in [0.29, 0.717) is 31.8 Å². The van der Waals surface area contributed by atoms with Gasteiger partial charge in [-0.3, -0.25) is 4.68 Å². The Morgan fingerprint density at radius 2 is 2.30 bits per heavy atom. The molecule has 1 atom stereocenters. The van der Waals surface area contributed by atoms with Gasteiger partial charge in [0.25, 0.3) is 10.2 Å². The van der Waals surface area contributed by atoms with Crippen LogP contribution in [0.4, 0.5) is 0 Å². The minimum atomic E-state index is -3.51. The van der Waals surface area contributed by atoms with E-state index in [2.05, 4.69) is 14.8 Å². The van der Waals surface area contributed by atoms with E-state index in [0.717, 1.165) is 18.6 Å². The largest absolute Gasteiger partial charge is 0.465 e. The van der Waals surface area contributed by atoms with Gasteiger partial charge in [-0.1, -0.05) is 0 Å². The maximum atomic E-state index is 12.5. The summed E-state index contributed by atoms with van der Waals surface area (Å²) in [6, 6.07) is 3.51. The second kappa shape index (κ2) is 6.81. The number of furan rings is 1. The molecule has 0 amide bonds. The molecule has 0 radical (unpaired) electrons. The highest BCUT2D eigenvalue weighted by atomic mass is 32.2. The van der Waals surface area contributed by atoms with E-state index in [1.54, 1.807) is 11.0 Å². The zero-order valence-electron chi connectivity index (χ0n) is 13.1. The van der Waals surface area contributed by atoms with Crippen LogP contribution in [0, 0.1) is 6.92 Å². The van der Waals surface area contributed by atoms with Gasteiger partial charge < -0.3 is 4.42 Å². The van der Waals surface area contributed by atoms with Crippen LogP contribution in [0.15, 0.2) is 29.2 Å². The number of hydrogen-bond donors (Lipinski definition) is 1. The monoisotopic (exact) mass is 339 g/mol. The molecule has 126 valence electrons. The summed E-state index contributed by atoms with van der Waals surface area (Å²) in [5.41, 5.74) is 0. The summed E-state index contributed by atoms with van der Waals surface area (Å²) < 4.78 is 36.5. The Morgan fingerprint density at radius 1 is 1.43 bits per heavy atom. The normalized spacial score (nSPS) is 19.4. The average molecular weight is 339 g/mol. The highest BCUT2D eigenvalue weighted by Crippen LogP contribution is 2.34. The molecule has 1 fully saturated rings. The molecular formula is C14H21N5O3S. The van der Waals surface area contributed by atoms with Crippen LogP contribution in [0.25, 0.3) is 0 Å². The SMILES string of the molecule is Cc1ccc([C@H]2CCCN2S(=O)(=O)NCCCn2cncn2)o1. The third-order valence-corrected chi connectivity index (χ3v) is 5.54. The molecule has 2 aromatic rings. The van der Waals surface area contributed by atoms with Crippen molar-refractivity contribution in [3.8, 4) is 0 Å². The molecule has 0 bridgehead atoms. The minimum Gasteiger partial charge on any atom is -0.465 e. The highest BCUT2D eigenvalue weighted by molar-refractivity contribution is 7.87.